The molecule has 1 N–H and O–H groups in total. The van der Waals surface area contributed by atoms with E-state index in [0.29, 0.717) is 0 Å². The predicted octanol–water partition coefficient (Wildman–Crippen LogP) is 0.522. The van der Waals surface area contributed by atoms with E-state index in [1.165, 1.54) is 6.42 Å². The molecule has 4 heteroatoms. The van der Waals surface area contributed by atoms with E-state index >= 15 is 0 Å². The number of hydrogen-bond donors (Lipinski definition) is 1. The highest BCUT2D eigenvalue weighted by atomic mass is 15.2. The zero-order chi connectivity index (χ0) is 9.80. The lowest BCUT2D eigenvalue weighted by Crippen LogP contribution is -2.24. The molecule has 1 saturated heterocycles. The summed E-state index contributed by atoms with van der Waals surface area (Å²) in [6.07, 6.45) is 6.55. The summed E-state index contributed by atoms with van der Waals surface area (Å²) in [5.41, 5.74) is 0. The van der Waals surface area contributed by atoms with Crippen molar-refractivity contribution in [3.8, 4) is 0 Å². The Hall–Kier alpha value is -1.16. The molecule has 0 amide bonds. The molecule has 1 aliphatic heterocycles. The Morgan fingerprint density at radius 3 is 3.21 bits per heavy atom. The summed E-state index contributed by atoms with van der Waals surface area (Å²) < 4.78 is 0. The maximum absolute atomic E-state index is 4.30. The molecule has 76 valence electrons. The molecule has 1 aromatic heterocycles. The number of aromatic nitrogens is 2. The molecule has 14 heavy (non-hydrogen) atoms. The first-order chi connectivity index (χ1) is 6.90. The fourth-order valence-electron chi connectivity index (χ4n) is 1.95. The molecule has 1 aliphatic rings. The predicted molar refractivity (Wildman–Crippen MR) is 56.3 cm³/mol. The first kappa shape index (κ1) is 9.40. The standard InChI is InChI=1S/C10H16N4/c1-11-6-9-2-5-14(8-9)10-7-12-3-4-13-10/h3-4,7,9,11H,2,5-6,8H2,1H3. The minimum Gasteiger partial charge on any atom is -0.355 e. The van der Waals surface area contributed by atoms with Gasteiger partial charge in [0.2, 0.25) is 0 Å². The number of hydrogen-bond acceptors (Lipinski definition) is 4. The van der Waals surface area contributed by atoms with Crippen LogP contribution in [0.1, 0.15) is 6.42 Å². The Labute approximate surface area is 84.4 Å². The van der Waals surface area contributed by atoms with Crippen molar-refractivity contribution < 1.29 is 0 Å². The molecule has 4 nitrogen and oxygen atoms in total. The summed E-state index contributed by atoms with van der Waals surface area (Å²) in [4.78, 5) is 10.7. The fraction of sp³-hybridized carbons (Fsp3) is 0.600. The van der Waals surface area contributed by atoms with Crippen molar-refractivity contribution in [2.75, 3.05) is 31.6 Å². The maximum atomic E-state index is 4.30. The van der Waals surface area contributed by atoms with E-state index in [1.807, 2.05) is 13.2 Å². The van der Waals surface area contributed by atoms with E-state index in [4.69, 9.17) is 0 Å². The molecule has 2 rings (SSSR count). The zero-order valence-electron chi connectivity index (χ0n) is 8.48. The Bertz CT molecular complexity index is 275. The molecular formula is C10H16N4. The van der Waals surface area contributed by atoms with Crippen LogP contribution in [0.3, 0.4) is 0 Å². The Kier molecular flexibility index (Phi) is 2.93. The molecule has 0 radical (unpaired) electrons. The normalized spacial score (nSPS) is 21.5. The summed E-state index contributed by atoms with van der Waals surface area (Å²) in [7, 11) is 2.00. The molecule has 0 aromatic carbocycles. The maximum Gasteiger partial charge on any atom is 0.147 e. The van der Waals surface area contributed by atoms with E-state index in [9.17, 15) is 0 Å². The van der Waals surface area contributed by atoms with Gasteiger partial charge < -0.3 is 10.2 Å². The minimum atomic E-state index is 0.752. The summed E-state index contributed by atoms with van der Waals surface area (Å²) in [6.45, 7) is 3.29. The largest absolute Gasteiger partial charge is 0.355 e. The molecular weight excluding hydrogens is 176 g/mol. The second-order valence-corrected chi connectivity index (χ2v) is 3.72. The van der Waals surface area contributed by atoms with Crippen LogP contribution in [-0.2, 0) is 0 Å². The van der Waals surface area contributed by atoms with Gasteiger partial charge in [0.15, 0.2) is 0 Å². The lowest BCUT2D eigenvalue weighted by atomic mass is 10.1. The molecule has 1 unspecified atom stereocenters. The van der Waals surface area contributed by atoms with Crippen LogP contribution in [0, 0.1) is 5.92 Å². The lowest BCUT2D eigenvalue weighted by molar-refractivity contribution is 0.549. The van der Waals surface area contributed by atoms with Crippen LogP contribution in [0.15, 0.2) is 18.6 Å². The second kappa shape index (κ2) is 4.37. The highest BCUT2D eigenvalue weighted by Gasteiger charge is 2.22. The van der Waals surface area contributed by atoms with Crippen LogP contribution in [0.2, 0.25) is 0 Å². The average Bonchev–Trinajstić information content (AvgIpc) is 2.68. The minimum absolute atomic E-state index is 0.752. The second-order valence-electron chi connectivity index (χ2n) is 3.72. The highest BCUT2D eigenvalue weighted by Crippen LogP contribution is 2.20. The van der Waals surface area contributed by atoms with Gasteiger partial charge in [0.05, 0.1) is 6.20 Å². The van der Waals surface area contributed by atoms with Crippen molar-refractivity contribution in [1.82, 2.24) is 15.3 Å². The van der Waals surface area contributed by atoms with Gasteiger partial charge in [-0.15, -0.1) is 0 Å². The Balaban J connectivity index is 1.96. The Morgan fingerprint density at radius 1 is 1.57 bits per heavy atom. The van der Waals surface area contributed by atoms with Crippen molar-refractivity contribution in [2.24, 2.45) is 5.92 Å². The summed E-state index contributed by atoms with van der Waals surface area (Å²) in [5, 5.41) is 3.22. The topological polar surface area (TPSA) is 41.0 Å². The van der Waals surface area contributed by atoms with Crippen molar-refractivity contribution in [3.63, 3.8) is 0 Å². The van der Waals surface area contributed by atoms with Gasteiger partial charge in [-0.25, -0.2) is 4.98 Å². The van der Waals surface area contributed by atoms with Crippen LogP contribution < -0.4 is 10.2 Å². The first-order valence-corrected chi connectivity index (χ1v) is 5.05. The van der Waals surface area contributed by atoms with Crippen LogP contribution >= 0.6 is 0 Å². The van der Waals surface area contributed by atoms with Crippen molar-refractivity contribution in [1.29, 1.82) is 0 Å². The van der Waals surface area contributed by atoms with E-state index in [-0.39, 0.29) is 0 Å². The zero-order valence-corrected chi connectivity index (χ0v) is 8.48. The number of nitrogens with zero attached hydrogens (tertiary/aromatic N) is 3. The SMILES string of the molecule is CNCC1CCN(c2cnccn2)C1. The molecule has 1 aromatic rings. The molecule has 0 aliphatic carbocycles. The van der Waals surface area contributed by atoms with E-state index in [2.05, 4.69) is 20.2 Å². The van der Waals surface area contributed by atoms with E-state index in [1.54, 1.807) is 12.4 Å². The average molecular weight is 192 g/mol. The van der Waals surface area contributed by atoms with E-state index < -0.39 is 0 Å². The van der Waals surface area contributed by atoms with Crippen LogP contribution in [0.25, 0.3) is 0 Å². The third-order valence-corrected chi connectivity index (χ3v) is 2.65. The van der Waals surface area contributed by atoms with Gasteiger partial charge >= 0.3 is 0 Å². The fourth-order valence-corrected chi connectivity index (χ4v) is 1.95. The van der Waals surface area contributed by atoms with Gasteiger partial charge in [-0.3, -0.25) is 4.98 Å². The van der Waals surface area contributed by atoms with Gasteiger partial charge in [0.1, 0.15) is 5.82 Å². The first-order valence-electron chi connectivity index (χ1n) is 5.05. The van der Waals surface area contributed by atoms with Crippen molar-refractivity contribution in [3.05, 3.63) is 18.6 Å². The quantitative estimate of drug-likeness (QED) is 0.758. The van der Waals surface area contributed by atoms with Crippen molar-refractivity contribution >= 4 is 5.82 Å². The lowest BCUT2D eigenvalue weighted by Gasteiger charge is -2.16. The molecule has 0 bridgehead atoms. The van der Waals surface area contributed by atoms with Crippen LogP contribution in [-0.4, -0.2) is 36.6 Å². The van der Waals surface area contributed by atoms with Gasteiger partial charge in [-0.2, -0.15) is 0 Å². The van der Waals surface area contributed by atoms with Gasteiger partial charge in [0, 0.05) is 25.5 Å². The molecule has 0 spiro atoms. The van der Waals surface area contributed by atoms with Gasteiger partial charge in [0.25, 0.3) is 0 Å². The van der Waals surface area contributed by atoms with Gasteiger partial charge in [-0.1, -0.05) is 0 Å². The number of nitrogens with one attached hydrogen (secondary N) is 1. The smallest absolute Gasteiger partial charge is 0.147 e. The number of rotatable bonds is 3. The molecule has 0 saturated carbocycles. The molecule has 2 heterocycles. The third-order valence-electron chi connectivity index (χ3n) is 2.65. The summed E-state index contributed by atoms with van der Waals surface area (Å²) in [5.74, 6) is 1.76. The number of anilines is 1. The van der Waals surface area contributed by atoms with Crippen molar-refractivity contribution in [2.45, 2.75) is 6.42 Å². The van der Waals surface area contributed by atoms with E-state index in [0.717, 1.165) is 31.4 Å². The summed E-state index contributed by atoms with van der Waals surface area (Å²) >= 11 is 0. The van der Waals surface area contributed by atoms with Crippen LogP contribution in [0.5, 0.6) is 0 Å². The van der Waals surface area contributed by atoms with Gasteiger partial charge in [-0.05, 0) is 25.9 Å². The Morgan fingerprint density at radius 2 is 2.50 bits per heavy atom. The highest BCUT2D eigenvalue weighted by molar-refractivity contribution is 5.36. The molecule has 1 atom stereocenters. The monoisotopic (exact) mass is 192 g/mol. The third kappa shape index (κ3) is 2.01. The van der Waals surface area contributed by atoms with Crippen LogP contribution in [0.4, 0.5) is 5.82 Å². The molecule has 1 fully saturated rings. The summed E-state index contributed by atoms with van der Waals surface area (Å²) in [6, 6.07) is 0.